The number of rotatable bonds is 1. The molecule has 0 bridgehead atoms. The van der Waals surface area contributed by atoms with Gasteiger partial charge in [-0.2, -0.15) is 0 Å². The van der Waals surface area contributed by atoms with Gasteiger partial charge in [0.1, 0.15) is 6.04 Å². The number of imide groups is 1. The maximum atomic E-state index is 10.8. The molecule has 0 unspecified atom stereocenters. The summed E-state index contributed by atoms with van der Waals surface area (Å²) in [6.45, 7) is 3.77. The molecular formula is C6H12N2O3. The summed E-state index contributed by atoms with van der Waals surface area (Å²) in [5.41, 5.74) is 0. The molecule has 0 aliphatic carbocycles. The first-order valence-corrected chi connectivity index (χ1v) is 3.22. The Kier molecular flexibility index (Phi) is 3.00. The Bertz CT molecular complexity index is 179. The van der Waals surface area contributed by atoms with E-state index in [0.29, 0.717) is 0 Å². The summed E-state index contributed by atoms with van der Waals surface area (Å²) in [5, 5.41) is 4.66. The van der Waals surface area contributed by atoms with Gasteiger partial charge in [-0.05, 0) is 5.92 Å². The second kappa shape index (κ2) is 3.34. The zero-order chi connectivity index (χ0) is 7.72. The Morgan fingerprint density at radius 2 is 1.91 bits per heavy atom. The molecule has 0 spiro atoms. The highest BCUT2D eigenvalue weighted by Gasteiger charge is 2.31. The van der Waals surface area contributed by atoms with E-state index in [2.05, 4.69) is 10.6 Å². The SMILES string of the molecule is CC(C)[C@@H]1NC(=O)NC1=O.O. The topological polar surface area (TPSA) is 89.7 Å². The molecule has 1 saturated heterocycles. The van der Waals surface area contributed by atoms with E-state index < -0.39 is 0 Å². The highest BCUT2D eigenvalue weighted by atomic mass is 16.2. The summed E-state index contributed by atoms with van der Waals surface area (Å²) in [4.78, 5) is 21.4. The van der Waals surface area contributed by atoms with Crippen LogP contribution in [0.1, 0.15) is 13.8 Å². The average molecular weight is 160 g/mol. The van der Waals surface area contributed by atoms with Gasteiger partial charge in [0.25, 0.3) is 5.91 Å². The van der Waals surface area contributed by atoms with Gasteiger partial charge in [0.15, 0.2) is 0 Å². The van der Waals surface area contributed by atoms with Crippen LogP contribution >= 0.6 is 0 Å². The van der Waals surface area contributed by atoms with E-state index in [9.17, 15) is 9.59 Å². The lowest BCUT2D eigenvalue weighted by atomic mass is 10.1. The normalized spacial score (nSPS) is 22.6. The fraction of sp³-hybridized carbons (Fsp3) is 0.667. The zero-order valence-electron chi connectivity index (χ0n) is 6.47. The minimum absolute atomic E-state index is 0. The summed E-state index contributed by atoms with van der Waals surface area (Å²) < 4.78 is 0. The number of carbonyl (C=O) groups excluding carboxylic acids is 2. The van der Waals surface area contributed by atoms with Crippen LogP contribution in [0.4, 0.5) is 4.79 Å². The summed E-state index contributed by atoms with van der Waals surface area (Å²) in [5.74, 6) is -0.0635. The van der Waals surface area contributed by atoms with Crippen LogP contribution in [0.25, 0.3) is 0 Å². The zero-order valence-corrected chi connectivity index (χ0v) is 6.47. The van der Waals surface area contributed by atoms with Gasteiger partial charge in [-0.15, -0.1) is 0 Å². The van der Waals surface area contributed by atoms with E-state index in [1.54, 1.807) is 0 Å². The minimum Gasteiger partial charge on any atom is -0.412 e. The highest BCUT2D eigenvalue weighted by molar-refractivity contribution is 6.04. The van der Waals surface area contributed by atoms with Gasteiger partial charge in [0.2, 0.25) is 0 Å². The average Bonchev–Trinajstić information content (AvgIpc) is 2.10. The van der Waals surface area contributed by atoms with Crippen molar-refractivity contribution >= 4 is 11.9 Å². The number of hydrogen-bond donors (Lipinski definition) is 2. The summed E-state index contributed by atoms with van der Waals surface area (Å²) in [6.07, 6.45) is 0. The quantitative estimate of drug-likeness (QED) is 0.483. The molecule has 11 heavy (non-hydrogen) atoms. The third-order valence-electron chi connectivity index (χ3n) is 1.47. The first-order valence-electron chi connectivity index (χ1n) is 3.22. The number of hydrogen-bond acceptors (Lipinski definition) is 2. The van der Waals surface area contributed by atoms with Crippen molar-refractivity contribution in [3.63, 3.8) is 0 Å². The number of urea groups is 1. The van der Waals surface area contributed by atoms with Crippen molar-refractivity contribution in [2.24, 2.45) is 5.92 Å². The summed E-state index contributed by atoms with van der Waals surface area (Å²) >= 11 is 0. The molecule has 1 rings (SSSR count). The highest BCUT2D eigenvalue weighted by Crippen LogP contribution is 2.04. The van der Waals surface area contributed by atoms with E-state index in [1.807, 2.05) is 13.8 Å². The lowest BCUT2D eigenvalue weighted by Crippen LogP contribution is -2.33. The molecule has 0 saturated carbocycles. The van der Waals surface area contributed by atoms with Gasteiger partial charge < -0.3 is 10.8 Å². The molecule has 1 atom stereocenters. The molecule has 1 heterocycles. The maximum Gasteiger partial charge on any atom is 0.322 e. The van der Waals surface area contributed by atoms with Crippen molar-refractivity contribution in [2.45, 2.75) is 19.9 Å². The second-order valence-corrected chi connectivity index (χ2v) is 2.68. The van der Waals surface area contributed by atoms with Crippen LogP contribution in [0.2, 0.25) is 0 Å². The smallest absolute Gasteiger partial charge is 0.322 e. The molecule has 64 valence electrons. The summed E-state index contributed by atoms with van der Waals surface area (Å²) in [6, 6.07) is -0.726. The fourth-order valence-corrected chi connectivity index (χ4v) is 0.902. The predicted molar refractivity (Wildman–Crippen MR) is 38.9 cm³/mol. The Hall–Kier alpha value is -1.10. The molecule has 3 amide bonds. The van der Waals surface area contributed by atoms with Crippen LogP contribution in [0.3, 0.4) is 0 Å². The molecule has 1 aliphatic heterocycles. The first-order chi connectivity index (χ1) is 4.61. The van der Waals surface area contributed by atoms with Crippen molar-refractivity contribution in [3.8, 4) is 0 Å². The van der Waals surface area contributed by atoms with E-state index in [0.717, 1.165) is 0 Å². The van der Waals surface area contributed by atoms with Crippen LogP contribution in [0.15, 0.2) is 0 Å². The number of carbonyl (C=O) groups is 2. The van der Waals surface area contributed by atoms with E-state index in [4.69, 9.17) is 0 Å². The van der Waals surface area contributed by atoms with Gasteiger partial charge in [-0.3, -0.25) is 10.1 Å². The molecule has 4 N–H and O–H groups in total. The second-order valence-electron chi connectivity index (χ2n) is 2.68. The van der Waals surface area contributed by atoms with Gasteiger partial charge in [0.05, 0.1) is 0 Å². The molecule has 1 fully saturated rings. The van der Waals surface area contributed by atoms with Crippen molar-refractivity contribution in [3.05, 3.63) is 0 Å². The molecular weight excluding hydrogens is 148 g/mol. The Morgan fingerprint density at radius 3 is 2.09 bits per heavy atom. The molecule has 1 aliphatic rings. The Morgan fingerprint density at radius 1 is 1.36 bits per heavy atom. The van der Waals surface area contributed by atoms with Crippen LogP contribution in [-0.4, -0.2) is 23.5 Å². The van der Waals surface area contributed by atoms with Crippen LogP contribution < -0.4 is 10.6 Å². The molecule has 5 heteroatoms. The van der Waals surface area contributed by atoms with Gasteiger partial charge >= 0.3 is 6.03 Å². The molecule has 0 aromatic rings. The van der Waals surface area contributed by atoms with Gasteiger partial charge in [-0.1, -0.05) is 13.8 Å². The molecule has 0 aromatic heterocycles. The largest absolute Gasteiger partial charge is 0.412 e. The third-order valence-corrected chi connectivity index (χ3v) is 1.47. The lowest BCUT2D eigenvalue weighted by molar-refractivity contribution is -0.120. The Labute approximate surface area is 64.5 Å². The fourth-order valence-electron chi connectivity index (χ4n) is 0.902. The molecule has 5 nitrogen and oxygen atoms in total. The van der Waals surface area contributed by atoms with Gasteiger partial charge in [-0.25, -0.2) is 4.79 Å². The molecule has 0 radical (unpaired) electrons. The lowest BCUT2D eigenvalue weighted by Gasteiger charge is -2.09. The standard InChI is InChI=1S/C6H10N2O2.H2O/c1-3(2)4-5(9)8-6(10)7-4;/h3-4H,1-2H3,(H2,7,8,9,10);1H2/t4-;/m0./s1. The number of amides is 3. The van der Waals surface area contributed by atoms with Crippen molar-refractivity contribution in [1.82, 2.24) is 10.6 Å². The van der Waals surface area contributed by atoms with Crippen molar-refractivity contribution in [1.29, 1.82) is 0 Å². The van der Waals surface area contributed by atoms with Crippen molar-refractivity contribution < 1.29 is 15.1 Å². The van der Waals surface area contributed by atoms with Gasteiger partial charge in [0, 0.05) is 0 Å². The number of nitrogens with one attached hydrogen (secondary N) is 2. The van der Waals surface area contributed by atoms with Crippen LogP contribution in [-0.2, 0) is 4.79 Å². The van der Waals surface area contributed by atoms with E-state index >= 15 is 0 Å². The monoisotopic (exact) mass is 160 g/mol. The minimum atomic E-state index is -0.385. The van der Waals surface area contributed by atoms with Crippen LogP contribution in [0.5, 0.6) is 0 Å². The Balaban J connectivity index is 0.000001000. The van der Waals surface area contributed by atoms with Crippen molar-refractivity contribution in [2.75, 3.05) is 0 Å². The maximum absolute atomic E-state index is 10.8. The van der Waals surface area contributed by atoms with Crippen LogP contribution in [0, 0.1) is 5.92 Å². The predicted octanol–water partition coefficient (Wildman–Crippen LogP) is -0.974. The summed E-state index contributed by atoms with van der Waals surface area (Å²) in [7, 11) is 0. The molecule has 0 aromatic carbocycles. The van der Waals surface area contributed by atoms with E-state index in [1.165, 1.54) is 0 Å². The third kappa shape index (κ3) is 1.91. The van der Waals surface area contributed by atoms with E-state index in [-0.39, 0.29) is 29.4 Å². The first kappa shape index (κ1) is 9.90.